The van der Waals surface area contributed by atoms with E-state index in [4.69, 9.17) is 4.74 Å². The molecule has 0 aliphatic heterocycles. The highest BCUT2D eigenvalue weighted by atomic mass is 32.1. The summed E-state index contributed by atoms with van der Waals surface area (Å²) in [5, 5.41) is 13.7. The fraction of sp³-hybridized carbons (Fsp3) is 0.158. The van der Waals surface area contributed by atoms with Crippen LogP contribution in [0, 0.1) is 0 Å². The highest BCUT2D eigenvalue weighted by Crippen LogP contribution is 2.24. The molecule has 0 fully saturated rings. The van der Waals surface area contributed by atoms with E-state index < -0.39 is 11.8 Å². The van der Waals surface area contributed by atoms with Crippen molar-refractivity contribution in [3.63, 3.8) is 0 Å². The van der Waals surface area contributed by atoms with E-state index in [1.165, 1.54) is 11.3 Å². The zero-order valence-electron chi connectivity index (χ0n) is 15.4. The van der Waals surface area contributed by atoms with E-state index in [0.717, 1.165) is 15.5 Å². The van der Waals surface area contributed by atoms with Crippen molar-refractivity contribution in [1.82, 2.24) is 19.9 Å². The summed E-state index contributed by atoms with van der Waals surface area (Å²) in [5.41, 5.74) is 1.45. The van der Waals surface area contributed by atoms with Crippen molar-refractivity contribution in [3.05, 3.63) is 52.9 Å². The Bertz CT molecular complexity index is 1130. The highest BCUT2D eigenvalue weighted by Gasteiger charge is 2.15. The molecule has 0 aliphatic carbocycles. The second-order valence-corrected chi connectivity index (χ2v) is 7.81. The third-order valence-corrected chi connectivity index (χ3v) is 5.84. The van der Waals surface area contributed by atoms with E-state index in [-0.39, 0.29) is 0 Å². The van der Waals surface area contributed by atoms with E-state index in [2.05, 4.69) is 20.7 Å². The molecular formula is C19H17N5O3S2. The molecule has 8 nitrogen and oxygen atoms in total. The maximum atomic E-state index is 12.0. The van der Waals surface area contributed by atoms with Crippen LogP contribution in [-0.2, 0) is 16.0 Å². The van der Waals surface area contributed by atoms with Crippen molar-refractivity contribution < 1.29 is 14.3 Å². The van der Waals surface area contributed by atoms with Crippen molar-refractivity contribution in [3.8, 4) is 16.5 Å². The number of hydrogen-bond donors (Lipinski definition) is 2. The summed E-state index contributed by atoms with van der Waals surface area (Å²) >= 11 is 3.08. The number of thiophene rings is 1. The zero-order valence-corrected chi connectivity index (χ0v) is 17.0. The number of carbonyl (C=O) groups is 2. The molecule has 3 heterocycles. The Hall–Kier alpha value is -3.24. The van der Waals surface area contributed by atoms with Crippen LogP contribution in [0.25, 0.3) is 15.7 Å². The average Bonchev–Trinajstić information content (AvgIpc) is 3.46. The van der Waals surface area contributed by atoms with E-state index in [0.29, 0.717) is 30.2 Å². The molecule has 2 amide bonds. The van der Waals surface area contributed by atoms with Crippen molar-refractivity contribution >= 4 is 45.1 Å². The number of fused-ring (bicyclic) bond motifs is 1. The van der Waals surface area contributed by atoms with E-state index in [9.17, 15) is 9.59 Å². The highest BCUT2D eigenvalue weighted by molar-refractivity contribution is 7.15. The van der Waals surface area contributed by atoms with Gasteiger partial charge < -0.3 is 15.4 Å². The molecule has 148 valence electrons. The lowest BCUT2D eigenvalue weighted by Gasteiger charge is -2.07. The number of benzene rings is 1. The topological polar surface area (TPSA) is 97.6 Å². The quantitative estimate of drug-likeness (QED) is 0.461. The largest absolute Gasteiger partial charge is 0.497 e. The SMILES string of the molecule is COc1ccc(NC(=O)C(=O)NCCc2csc3nc(-c4cccs4)nn23)cc1. The van der Waals surface area contributed by atoms with Crippen molar-refractivity contribution in [2.45, 2.75) is 6.42 Å². The Balaban J connectivity index is 1.32. The number of thiazole rings is 1. The predicted octanol–water partition coefficient (Wildman–Crippen LogP) is 2.83. The molecule has 4 rings (SSSR count). The monoisotopic (exact) mass is 427 g/mol. The molecule has 0 atom stereocenters. The Morgan fingerprint density at radius 2 is 1.97 bits per heavy atom. The third-order valence-electron chi connectivity index (χ3n) is 4.11. The Morgan fingerprint density at radius 1 is 1.14 bits per heavy atom. The summed E-state index contributed by atoms with van der Waals surface area (Å²) in [6, 6.07) is 10.7. The van der Waals surface area contributed by atoms with Crippen molar-refractivity contribution in [1.29, 1.82) is 0 Å². The summed E-state index contributed by atoms with van der Waals surface area (Å²) in [5.74, 6) is -0.0441. The maximum absolute atomic E-state index is 12.0. The van der Waals surface area contributed by atoms with Gasteiger partial charge in [-0.1, -0.05) is 6.07 Å². The van der Waals surface area contributed by atoms with Crippen molar-refractivity contribution in [2.75, 3.05) is 19.0 Å². The lowest BCUT2D eigenvalue weighted by molar-refractivity contribution is -0.136. The molecule has 0 saturated carbocycles. The Kier molecular flexibility index (Phi) is 5.54. The number of amides is 2. The van der Waals surface area contributed by atoms with Crippen LogP contribution in [0.4, 0.5) is 5.69 Å². The van der Waals surface area contributed by atoms with Gasteiger partial charge in [-0.25, -0.2) is 4.52 Å². The van der Waals surface area contributed by atoms with Gasteiger partial charge in [-0.15, -0.1) is 27.8 Å². The average molecular weight is 428 g/mol. The summed E-state index contributed by atoms with van der Waals surface area (Å²) < 4.78 is 6.84. The van der Waals surface area contributed by atoms with Gasteiger partial charge in [0.05, 0.1) is 17.7 Å². The van der Waals surface area contributed by atoms with Gasteiger partial charge in [0.25, 0.3) is 0 Å². The molecular weight excluding hydrogens is 410 g/mol. The summed E-state index contributed by atoms with van der Waals surface area (Å²) in [6.45, 7) is 0.314. The van der Waals surface area contributed by atoms with Crippen LogP contribution in [0.5, 0.6) is 5.75 Å². The predicted molar refractivity (Wildman–Crippen MR) is 113 cm³/mol. The Morgan fingerprint density at radius 3 is 2.69 bits per heavy atom. The summed E-state index contributed by atoms with van der Waals surface area (Å²) in [7, 11) is 1.56. The molecule has 3 aromatic heterocycles. The summed E-state index contributed by atoms with van der Waals surface area (Å²) in [4.78, 5) is 30.4. The minimum atomic E-state index is -0.716. The van der Waals surface area contributed by atoms with Gasteiger partial charge in [0.15, 0.2) is 5.82 Å². The molecule has 1 aromatic carbocycles. The van der Waals surface area contributed by atoms with Gasteiger partial charge in [-0.05, 0) is 35.7 Å². The number of nitrogens with one attached hydrogen (secondary N) is 2. The van der Waals surface area contributed by atoms with Crippen LogP contribution < -0.4 is 15.4 Å². The normalized spacial score (nSPS) is 10.8. The molecule has 29 heavy (non-hydrogen) atoms. The van der Waals surface area contributed by atoms with Crippen LogP contribution >= 0.6 is 22.7 Å². The molecule has 4 aromatic rings. The van der Waals surface area contributed by atoms with Crippen LogP contribution in [0.2, 0.25) is 0 Å². The van der Waals surface area contributed by atoms with Gasteiger partial charge in [0, 0.05) is 24.0 Å². The molecule has 0 unspecified atom stereocenters. The second kappa shape index (κ2) is 8.41. The fourth-order valence-electron chi connectivity index (χ4n) is 2.65. The van der Waals surface area contributed by atoms with Crippen LogP contribution in [0.15, 0.2) is 47.2 Å². The van der Waals surface area contributed by atoms with E-state index in [1.54, 1.807) is 47.2 Å². The fourth-order valence-corrected chi connectivity index (χ4v) is 4.16. The minimum Gasteiger partial charge on any atom is -0.497 e. The van der Waals surface area contributed by atoms with Gasteiger partial charge in [0.2, 0.25) is 4.96 Å². The number of anilines is 1. The smallest absolute Gasteiger partial charge is 0.313 e. The number of methoxy groups -OCH3 is 1. The first-order valence-electron chi connectivity index (χ1n) is 8.74. The van der Waals surface area contributed by atoms with Gasteiger partial charge >= 0.3 is 11.8 Å². The number of hydrogen-bond acceptors (Lipinski definition) is 7. The van der Waals surface area contributed by atoms with E-state index >= 15 is 0 Å². The van der Waals surface area contributed by atoms with Crippen molar-refractivity contribution in [2.24, 2.45) is 0 Å². The number of ether oxygens (including phenoxy) is 1. The first-order valence-corrected chi connectivity index (χ1v) is 10.5. The van der Waals surface area contributed by atoms with Gasteiger partial charge in [0.1, 0.15) is 5.75 Å². The van der Waals surface area contributed by atoms with Crippen LogP contribution in [0.3, 0.4) is 0 Å². The molecule has 0 saturated heterocycles. The van der Waals surface area contributed by atoms with Gasteiger partial charge in [-0.3, -0.25) is 9.59 Å². The molecule has 0 aliphatic rings. The first kappa shape index (κ1) is 19.1. The maximum Gasteiger partial charge on any atom is 0.313 e. The standard InChI is InChI=1S/C19H17N5O3S2/c1-27-14-6-4-12(5-7-14)21-18(26)17(25)20-9-8-13-11-29-19-22-16(23-24(13)19)15-3-2-10-28-15/h2-7,10-11H,8-9H2,1H3,(H,20,25)(H,21,26). The van der Waals surface area contributed by atoms with Crippen LogP contribution in [0.1, 0.15) is 5.69 Å². The second-order valence-electron chi connectivity index (χ2n) is 6.02. The molecule has 0 radical (unpaired) electrons. The minimum absolute atomic E-state index is 0.314. The molecule has 10 heteroatoms. The zero-order chi connectivity index (χ0) is 20.2. The van der Waals surface area contributed by atoms with Gasteiger partial charge in [-0.2, -0.15) is 4.98 Å². The van der Waals surface area contributed by atoms with E-state index in [1.807, 2.05) is 22.9 Å². The third kappa shape index (κ3) is 4.28. The lowest BCUT2D eigenvalue weighted by Crippen LogP contribution is -2.36. The summed E-state index contributed by atoms with van der Waals surface area (Å²) in [6.07, 6.45) is 0.537. The Labute approximate surface area is 174 Å². The number of aromatic nitrogens is 3. The number of rotatable bonds is 6. The number of nitrogens with zero attached hydrogens (tertiary/aromatic N) is 3. The first-order chi connectivity index (χ1) is 14.1. The van der Waals surface area contributed by atoms with Crippen LogP contribution in [-0.4, -0.2) is 40.1 Å². The molecule has 0 bridgehead atoms. The number of carbonyl (C=O) groups excluding carboxylic acids is 2. The molecule has 2 N–H and O–H groups in total. The molecule has 0 spiro atoms. The lowest BCUT2D eigenvalue weighted by atomic mass is 10.3.